The van der Waals surface area contributed by atoms with Crippen molar-refractivity contribution in [3.8, 4) is 0 Å². The number of nitrogens with one attached hydrogen (secondary N) is 1. The highest BCUT2D eigenvalue weighted by molar-refractivity contribution is 7.99. The van der Waals surface area contributed by atoms with Crippen LogP contribution < -0.4 is 5.32 Å². The van der Waals surface area contributed by atoms with Gasteiger partial charge in [-0.1, -0.05) is 37.7 Å². The number of amides is 1. The number of carbonyl (C=O) groups is 1. The number of hydrogen-bond donors (Lipinski definition) is 1. The molecule has 1 atom stereocenters. The lowest BCUT2D eigenvalue weighted by Crippen LogP contribution is -2.14. The van der Waals surface area contributed by atoms with Crippen LogP contribution in [0.25, 0.3) is 0 Å². The molecule has 0 saturated carbocycles. The average molecular weight is 403 g/mol. The standard InChI is InChI=1S/C19H22N4O2S2/c1-4-12(2)14-5-7-15(8-6-14)21-17(24)11-27-19-23-22-18(25-19)9-16-10-26-13(3)20-16/h5-8,10,12H,4,9,11H2,1-3H3,(H,21,24)/t12-/m0/s1. The topological polar surface area (TPSA) is 80.9 Å². The molecule has 1 N–H and O–H groups in total. The first-order chi connectivity index (χ1) is 13.0. The average Bonchev–Trinajstić information content (AvgIpc) is 3.29. The quantitative estimate of drug-likeness (QED) is 0.552. The van der Waals surface area contributed by atoms with E-state index < -0.39 is 0 Å². The van der Waals surface area contributed by atoms with Gasteiger partial charge in [-0.3, -0.25) is 4.79 Å². The first-order valence-corrected chi connectivity index (χ1v) is 10.7. The number of anilines is 1. The van der Waals surface area contributed by atoms with Crippen LogP contribution in [0.2, 0.25) is 0 Å². The van der Waals surface area contributed by atoms with Crippen molar-refractivity contribution in [3.05, 3.63) is 51.8 Å². The summed E-state index contributed by atoms with van der Waals surface area (Å²) in [4.78, 5) is 16.5. The van der Waals surface area contributed by atoms with Crippen molar-refractivity contribution in [2.24, 2.45) is 0 Å². The predicted molar refractivity (Wildman–Crippen MR) is 108 cm³/mol. The largest absolute Gasteiger partial charge is 0.416 e. The number of aromatic nitrogens is 3. The Hall–Kier alpha value is -2.19. The van der Waals surface area contributed by atoms with E-state index in [4.69, 9.17) is 4.42 Å². The van der Waals surface area contributed by atoms with Crippen LogP contribution in [0.15, 0.2) is 39.3 Å². The van der Waals surface area contributed by atoms with E-state index >= 15 is 0 Å². The van der Waals surface area contributed by atoms with Gasteiger partial charge in [-0.05, 0) is 37.0 Å². The fourth-order valence-electron chi connectivity index (χ4n) is 2.47. The molecule has 2 aromatic heterocycles. The molecule has 1 aromatic carbocycles. The summed E-state index contributed by atoms with van der Waals surface area (Å²) in [6, 6.07) is 7.98. The second kappa shape index (κ2) is 9.14. The summed E-state index contributed by atoms with van der Waals surface area (Å²) < 4.78 is 5.58. The van der Waals surface area contributed by atoms with Crippen LogP contribution in [-0.2, 0) is 11.2 Å². The summed E-state index contributed by atoms with van der Waals surface area (Å²) >= 11 is 2.82. The zero-order valence-electron chi connectivity index (χ0n) is 15.6. The van der Waals surface area contributed by atoms with E-state index in [9.17, 15) is 4.79 Å². The molecule has 142 valence electrons. The van der Waals surface area contributed by atoms with Crippen molar-refractivity contribution in [2.75, 3.05) is 11.1 Å². The van der Waals surface area contributed by atoms with E-state index in [2.05, 4.69) is 46.5 Å². The summed E-state index contributed by atoms with van der Waals surface area (Å²) in [5, 5.41) is 14.3. The summed E-state index contributed by atoms with van der Waals surface area (Å²) in [6.45, 7) is 6.32. The normalized spacial score (nSPS) is 12.1. The summed E-state index contributed by atoms with van der Waals surface area (Å²) in [7, 11) is 0. The van der Waals surface area contributed by atoms with Gasteiger partial charge in [0.25, 0.3) is 5.22 Å². The Morgan fingerprint density at radius 3 is 2.74 bits per heavy atom. The molecule has 3 aromatic rings. The number of benzene rings is 1. The lowest BCUT2D eigenvalue weighted by molar-refractivity contribution is -0.113. The third-order valence-electron chi connectivity index (χ3n) is 4.15. The van der Waals surface area contributed by atoms with Gasteiger partial charge >= 0.3 is 0 Å². The van der Waals surface area contributed by atoms with Gasteiger partial charge in [0.2, 0.25) is 11.8 Å². The monoisotopic (exact) mass is 402 g/mol. The second-order valence-corrected chi connectivity index (χ2v) is 8.25. The van der Waals surface area contributed by atoms with Gasteiger partial charge in [-0.25, -0.2) is 4.98 Å². The molecule has 0 unspecified atom stereocenters. The summed E-state index contributed by atoms with van der Waals surface area (Å²) in [6.07, 6.45) is 1.60. The molecule has 6 nitrogen and oxygen atoms in total. The Morgan fingerprint density at radius 1 is 1.30 bits per heavy atom. The van der Waals surface area contributed by atoms with Gasteiger partial charge in [-0.15, -0.1) is 21.5 Å². The SMILES string of the molecule is CC[C@H](C)c1ccc(NC(=O)CSc2nnc(Cc3csc(C)n3)o2)cc1. The highest BCUT2D eigenvalue weighted by Gasteiger charge is 2.12. The number of thiazole rings is 1. The van der Waals surface area contributed by atoms with E-state index in [0.29, 0.717) is 23.5 Å². The molecule has 2 heterocycles. The first-order valence-electron chi connectivity index (χ1n) is 8.79. The molecule has 0 radical (unpaired) electrons. The lowest BCUT2D eigenvalue weighted by Gasteiger charge is -2.10. The molecule has 0 aliphatic rings. The minimum absolute atomic E-state index is 0.105. The molecular formula is C19H22N4O2S2. The van der Waals surface area contributed by atoms with Gasteiger partial charge in [-0.2, -0.15) is 0 Å². The predicted octanol–water partition coefficient (Wildman–Crippen LogP) is 4.67. The first kappa shape index (κ1) is 19.6. The summed E-state index contributed by atoms with van der Waals surface area (Å²) in [5.41, 5.74) is 2.98. The van der Waals surface area contributed by atoms with E-state index in [1.54, 1.807) is 11.3 Å². The van der Waals surface area contributed by atoms with E-state index in [1.165, 1.54) is 17.3 Å². The molecule has 1 amide bonds. The minimum atomic E-state index is -0.105. The van der Waals surface area contributed by atoms with E-state index in [1.807, 2.05) is 24.4 Å². The zero-order valence-corrected chi connectivity index (χ0v) is 17.2. The van der Waals surface area contributed by atoms with Crippen LogP contribution in [-0.4, -0.2) is 26.8 Å². The van der Waals surface area contributed by atoms with Crippen LogP contribution in [0.4, 0.5) is 5.69 Å². The van der Waals surface area contributed by atoms with E-state index in [0.717, 1.165) is 22.8 Å². The number of rotatable bonds is 8. The van der Waals surface area contributed by atoms with Gasteiger partial charge in [0, 0.05) is 11.1 Å². The Kier molecular flexibility index (Phi) is 6.63. The van der Waals surface area contributed by atoms with Crippen LogP contribution in [0.1, 0.15) is 48.3 Å². The van der Waals surface area contributed by atoms with Gasteiger partial charge in [0.05, 0.1) is 22.9 Å². The number of hydrogen-bond acceptors (Lipinski definition) is 7. The maximum atomic E-state index is 12.1. The molecular weight excluding hydrogens is 380 g/mol. The van der Waals surface area contributed by atoms with Crippen LogP contribution >= 0.6 is 23.1 Å². The summed E-state index contributed by atoms with van der Waals surface area (Å²) in [5.74, 6) is 1.13. The number of thioether (sulfide) groups is 1. The molecule has 0 aliphatic heterocycles. The number of nitrogens with zero attached hydrogens (tertiary/aromatic N) is 3. The lowest BCUT2D eigenvalue weighted by atomic mass is 9.99. The van der Waals surface area contributed by atoms with Crippen molar-refractivity contribution >= 4 is 34.7 Å². The van der Waals surface area contributed by atoms with Crippen LogP contribution in [0.3, 0.4) is 0 Å². The molecule has 8 heteroatoms. The Bertz CT molecular complexity index is 889. The van der Waals surface area contributed by atoms with Crippen molar-refractivity contribution in [1.82, 2.24) is 15.2 Å². The smallest absolute Gasteiger partial charge is 0.277 e. The zero-order chi connectivity index (χ0) is 19.2. The van der Waals surface area contributed by atoms with Gasteiger partial charge < -0.3 is 9.73 Å². The van der Waals surface area contributed by atoms with Crippen molar-refractivity contribution in [3.63, 3.8) is 0 Å². The fourth-order valence-corrected chi connectivity index (χ4v) is 3.66. The molecule has 0 fully saturated rings. The van der Waals surface area contributed by atoms with E-state index in [-0.39, 0.29) is 11.7 Å². The Labute approximate surface area is 166 Å². The number of aryl methyl sites for hydroxylation is 1. The van der Waals surface area contributed by atoms with Crippen molar-refractivity contribution in [1.29, 1.82) is 0 Å². The molecule has 0 aliphatic carbocycles. The highest BCUT2D eigenvalue weighted by atomic mass is 32.2. The molecule has 0 spiro atoms. The van der Waals surface area contributed by atoms with Crippen molar-refractivity contribution < 1.29 is 9.21 Å². The second-order valence-electron chi connectivity index (χ2n) is 6.26. The Balaban J connectivity index is 1.47. The third kappa shape index (κ3) is 5.64. The molecule has 0 saturated heterocycles. The van der Waals surface area contributed by atoms with Gasteiger partial charge in [0.1, 0.15) is 0 Å². The molecule has 27 heavy (non-hydrogen) atoms. The molecule has 3 rings (SSSR count). The van der Waals surface area contributed by atoms with Crippen molar-refractivity contribution in [2.45, 2.75) is 44.8 Å². The minimum Gasteiger partial charge on any atom is -0.416 e. The number of carbonyl (C=O) groups excluding carboxylic acids is 1. The van der Waals surface area contributed by atoms with Gasteiger partial charge in [0.15, 0.2) is 0 Å². The third-order valence-corrected chi connectivity index (χ3v) is 5.79. The fraction of sp³-hybridized carbons (Fsp3) is 0.368. The highest BCUT2D eigenvalue weighted by Crippen LogP contribution is 2.22. The van der Waals surface area contributed by atoms with Crippen LogP contribution in [0, 0.1) is 6.92 Å². The maximum absolute atomic E-state index is 12.1. The maximum Gasteiger partial charge on any atom is 0.277 e. The molecule has 0 bridgehead atoms. The Morgan fingerprint density at radius 2 is 2.07 bits per heavy atom. The van der Waals surface area contributed by atoms with Crippen LogP contribution in [0.5, 0.6) is 0 Å².